The largest absolute Gasteiger partial charge is 0.435 e. The molecule has 0 N–H and O–H groups in total. The molecular weight excluding hydrogens is 252 g/mol. The van der Waals surface area contributed by atoms with E-state index in [2.05, 4.69) is 14.8 Å². The van der Waals surface area contributed by atoms with Gasteiger partial charge in [-0.3, -0.25) is 0 Å². The first kappa shape index (κ1) is 11.8. The maximum Gasteiger partial charge on any atom is 0.387 e. The van der Waals surface area contributed by atoms with E-state index in [1.54, 1.807) is 16.8 Å². The van der Waals surface area contributed by atoms with Crippen LogP contribution >= 0.6 is 11.6 Å². The normalized spacial score (nSPS) is 10.8. The number of alkyl halides is 2. The Balaban J connectivity index is 2.03. The summed E-state index contributed by atoms with van der Waals surface area (Å²) in [7, 11) is 0. The van der Waals surface area contributed by atoms with Crippen molar-refractivity contribution in [2.24, 2.45) is 0 Å². The van der Waals surface area contributed by atoms with Crippen molar-refractivity contribution in [1.82, 2.24) is 14.8 Å². The van der Waals surface area contributed by atoms with E-state index >= 15 is 0 Å². The van der Waals surface area contributed by atoms with Crippen LogP contribution in [0, 0.1) is 0 Å². The maximum absolute atomic E-state index is 11.9. The smallest absolute Gasteiger partial charge is 0.387 e. The molecule has 0 unspecified atom stereocenters. The van der Waals surface area contributed by atoms with E-state index in [0.717, 1.165) is 5.56 Å². The van der Waals surface area contributed by atoms with Gasteiger partial charge in [0.15, 0.2) is 0 Å². The average Bonchev–Trinajstić information content (AvgIpc) is 2.66. The number of hydrogen-bond acceptors (Lipinski definition) is 3. The molecule has 0 aliphatic heterocycles. The molecule has 0 aliphatic carbocycles. The van der Waals surface area contributed by atoms with Crippen LogP contribution in [0.2, 0.25) is 5.28 Å². The van der Waals surface area contributed by atoms with Gasteiger partial charge in [-0.15, -0.1) is 5.10 Å². The summed E-state index contributed by atoms with van der Waals surface area (Å²) in [5, 5.41) is 4.07. The summed E-state index contributed by atoms with van der Waals surface area (Å²) in [5.74, 6) is 0.125. The Labute approximate surface area is 101 Å². The minimum absolute atomic E-state index is 0.125. The molecule has 90 valence electrons. The zero-order chi connectivity index (χ0) is 12.3. The van der Waals surface area contributed by atoms with Crippen molar-refractivity contribution in [3.05, 3.63) is 41.4 Å². The second-order valence-electron chi connectivity index (χ2n) is 3.23. The maximum atomic E-state index is 11.9. The summed E-state index contributed by atoms with van der Waals surface area (Å²) in [5.41, 5.74) is 0.883. The number of rotatable bonds is 4. The zero-order valence-corrected chi connectivity index (χ0v) is 9.31. The van der Waals surface area contributed by atoms with Crippen molar-refractivity contribution in [3.8, 4) is 5.75 Å². The molecule has 0 radical (unpaired) electrons. The van der Waals surface area contributed by atoms with Gasteiger partial charge < -0.3 is 4.74 Å². The minimum atomic E-state index is -2.81. The highest BCUT2D eigenvalue weighted by Crippen LogP contribution is 2.15. The Hall–Kier alpha value is -1.69. The minimum Gasteiger partial charge on any atom is -0.435 e. The average molecular weight is 260 g/mol. The molecule has 0 spiro atoms. The Kier molecular flexibility index (Phi) is 3.53. The van der Waals surface area contributed by atoms with E-state index < -0.39 is 6.61 Å². The highest BCUT2D eigenvalue weighted by Gasteiger charge is 2.04. The molecule has 0 aliphatic rings. The summed E-state index contributed by atoms with van der Waals surface area (Å²) in [6, 6.07) is 6.29. The summed E-state index contributed by atoms with van der Waals surface area (Å²) in [6.07, 6.45) is 1.49. The SMILES string of the molecule is FC(F)Oc1ccc(Cn2cnc(Cl)n2)cc1. The molecule has 7 heteroatoms. The van der Waals surface area contributed by atoms with Gasteiger partial charge in [-0.05, 0) is 29.3 Å². The summed E-state index contributed by atoms with van der Waals surface area (Å²) < 4.78 is 29.6. The van der Waals surface area contributed by atoms with Crippen LogP contribution < -0.4 is 4.74 Å². The van der Waals surface area contributed by atoms with Gasteiger partial charge >= 0.3 is 6.61 Å². The lowest BCUT2D eigenvalue weighted by molar-refractivity contribution is -0.0498. The number of aromatic nitrogens is 3. The van der Waals surface area contributed by atoms with E-state index in [1.807, 2.05) is 0 Å². The van der Waals surface area contributed by atoms with E-state index in [9.17, 15) is 8.78 Å². The fourth-order valence-electron chi connectivity index (χ4n) is 1.31. The van der Waals surface area contributed by atoms with E-state index in [4.69, 9.17) is 11.6 Å². The van der Waals surface area contributed by atoms with Gasteiger partial charge in [0.2, 0.25) is 5.28 Å². The predicted octanol–water partition coefficient (Wildman–Crippen LogP) is 2.58. The number of hydrogen-bond donors (Lipinski definition) is 0. The third kappa shape index (κ3) is 3.39. The number of nitrogens with zero attached hydrogens (tertiary/aromatic N) is 3. The monoisotopic (exact) mass is 259 g/mol. The summed E-state index contributed by atoms with van der Waals surface area (Å²) >= 11 is 5.56. The predicted molar refractivity (Wildman–Crippen MR) is 57.2 cm³/mol. The number of halogens is 3. The van der Waals surface area contributed by atoms with Gasteiger partial charge in [0.05, 0.1) is 6.54 Å². The van der Waals surface area contributed by atoms with Crippen LogP contribution in [-0.4, -0.2) is 21.4 Å². The van der Waals surface area contributed by atoms with Crippen molar-refractivity contribution in [1.29, 1.82) is 0 Å². The molecule has 2 rings (SSSR count). The van der Waals surface area contributed by atoms with E-state index in [1.165, 1.54) is 18.5 Å². The zero-order valence-electron chi connectivity index (χ0n) is 8.55. The Bertz CT molecular complexity index is 487. The van der Waals surface area contributed by atoms with Crippen LogP contribution in [0.25, 0.3) is 0 Å². The lowest BCUT2D eigenvalue weighted by Crippen LogP contribution is -2.03. The molecule has 0 fully saturated rings. The van der Waals surface area contributed by atoms with Crippen molar-refractivity contribution in [2.45, 2.75) is 13.2 Å². The molecular formula is C10H8ClF2N3O. The molecule has 0 bridgehead atoms. The van der Waals surface area contributed by atoms with Crippen LogP contribution in [0.3, 0.4) is 0 Å². The highest BCUT2D eigenvalue weighted by molar-refractivity contribution is 6.28. The molecule has 1 aromatic carbocycles. The van der Waals surface area contributed by atoms with Gasteiger partial charge in [-0.2, -0.15) is 8.78 Å². The summed E-state index contributed by atoms with van der Waals surface area (Å²) in [4.78, 5) is 3.76. The van der Waals surface area contributed by atoms with Crippen LogP contribution in [0.15, 0.2) is 30.6 Å². The first-order valence-electron chi connectivity index (χ1n) is 4.72. The molecule has 0 atom stereocenters. The van der Waals surface area contributed by atoms with Crippen molar-refractivity contribution in [3.63, 3.8) is 0 Å². The first-order valence-corrected chi connectivity index (χ1v) is 5.10. The summed E-state index contributed by atoms with van der Waals surface area (Å²) in [6.45, 7) is -2.34. The second-order valence-corrected chi connectivity index (χ2v) is 3.57. The first-order chi connectivity index (χ1) is 8.13. The fourth-order valence-corrected chi connectivity index (χ4v) is 1.45. The molecule has 0 saturated carbocycles. The van der Waals surface area contributed by atoms with Gasteiger partial charge in [0.1, 0.15) is 12.1 Å². The Morgan fingerprint density at radius 1 is 1.29 bits per heavy atom. The van der Waals surface area contributed by atoms with Crippen molar-refractivity contribution >= 4 is 11.6 Å². The molecule has 0 saturated heterocycles. The fraction of sp³-hybridized carbons (Fsp3) is 0.200. The Morgan fingerprint density at radius 3 is 2.53 bits per heavy atom. The third-order valence-corrected chi connectivity index (χ3v) is 2.17. The van der Waals surface area contributed by atoms with Gasteiger partial charge in [-0.25, -0.2) is 9.67 Å². The van der Waals surface area contributed by atoms with Crippen molar-refractivity contribution in [2.75, 3.05) is 0 Å². The van der Waals surface area contributed by atoms with E-state index in [-0.39, 0.29) is 11.0 Å². The van der Waals surface area contributed by atoms with Gasteiger partial charge in [0.25, 0.3) is 0 Å². The number of benzene rings is 1. The molecule has 2 aromatic rings. The third-order valence-electron chi connectivity index (χ3n) is 2.00. The lowest BCUT2D eigenvalue weighted by Gasteiger charge is -2.05. The van der Waals surface area contributed by atoms with Crippen molar-refractivity contribution < 1.29 is 13.5 Å². The molecule has 0 amide bonds. The van der Waals surface area contributed by atoms with Crippen LogP contribution in [0.1, 0.15) is 5.56 Å². The van der Waals surface area contributed by atoms with Gasteiger partial charge in [-0.1, -0.05) is 12.1 Å². The molecule has 4 nitrogen and oxygen atoms in total. The van der Waals surface area contributed by atoms with E-state index in [0.29, 0.717) is 6.54 Å². The topological polar surface area (TPSA) is 39.9 Å². The second kappa shape index (κ2) is 5.09. The standard InChI is InChI=1S/C10H8ClF2N3O/c11-9-14-6-16(15-9)5-7-1-3-8(4-2-7)17-10(12)13/h1-4,6,10H,5H2. The highest BCUT2D eigenvalue weighted by atomic mass is 35.5. The molecule has 1 heterocycles. The van der Waals surface area contributed by atoms with Crippen LogP contribution in [0.5, 0.6) is 5.75 Å². The number of ether oxygens (including phenoxy) is 1. The molecule has 17 heavy (non-hydrogen) atoms. The lowest BCUT2D eigenvalue weighted by atomic mass is 10.2. The Morgan fingerprint density at radius 2 is 2.00 bits per heavy atom. The quantitative estimate of drug-likeness (QED) is 0.847. The van der Waals surface area contributed by atoms with Crippen LogP contribution in [-0.2, 0) is 6.54 Å². The van der Waals surface area contributed by atoms with Crippen LogP contribution in [0.4, 0.5) is 8.78 Å². The van der Waals surface area contributed by atoms with Gasteiger partial charge in [0, 0.05) is 0 Å². The molecule has 1 aromatic heterocycles.